The van der Waals surface area contributed by atoms with E-state index in [1.807, 2.05) is 0 Å². The second-order valence-corrected chi connectivity index (χ2v) is 3.79. The van der Waals surface area contributed by atoms with Crippen LogP contribution in [0.3, 0.4) is 0 Å². The zero-order valence-corrected chi connectivity index (χ0v) is 6.93. The maximum atomic E-state index is 10.5. The van der Waals surface area contributed by atoms with E-state index >= 15 is 0 Å². The van der Waals surface area contributed by atoms with Crippen molar-refractivity contribution in [3.63, 3.8) is 0 Å². The van der Waals surface area contributed by atoms with Crippen LogP contribution in [0.2, 0.25) is 5.02 Å². The molecule has 0 unspecified atom stereocenters. The van der Waals surface area contributed by atoms with Crippen molar-refractivity contribution in [3.8, 4) is 0 Å². The molecular formula is C6H4ClNO2S. The summed E-state index contributed by atoms with van der Waals surface area (Å²) in [7, 11) is -4.08. The number of hydrogen-bond acceptors (Lipinski definition) is 2. The van der Waals surface area contributed by atoms with Gasteiger partial charge in [-0.2, -0.15) is 0 Å². The van der Waals surface area contributed by atoms with Gasteiger partial charge >= 0.3 is 0 Å². The minimum absolute atomic E-state index is 0.151. The molecule has 58 valence electrons. The van der Waals surface area contributed by atoms with E-state index in [-0.39, 0.29) is 4.90 Å². The summed E-state index contributed by atoms with van der Waals surface area (Å²) in [6.45, 7) is 0. The fraction of sp³-hybridized carbons (Fsp3) is 0. The van der Waals surface area contributed by atoms with Crippen molar-refractivity contribution in [2.45, 2.75) is 4.90 Å². The van der Waals surface area contributed by atoms with E-state index in [1.54, 1.807) is 0 Å². The van der Waals surface area contributed by atoms with Crippen LogP contribution < -0.4 is 5.14 Å². The van der Waals surface area contributed by atoms with Crippen molar-refractivity contribution in [1.82, 2.24) is 5.14 Å². The van der Waals surface area contributed by atoms with Crippen molar-refractivity contribution >= 4 is 21.6 Å². The normalized spacial score (nSPS) is 11.5. The molecule has 0 aliphatic carbocycles. The summed E-state index contributed by atoms with van der Waals surface area (Å²) in [5.41, 5.74) is 0. The maximum Gasteiger partial charge on any atom is 0.273 e. The van der Waals surface area contributed by atoms with Crippen LogP contribution in [-0.4, -0.2) is 8.42 Å². The molecule has 1 aromatic rings. The summed E-state index contributed by atoms with van der Waals surface area (Å²) in [5, 5.41) is 8.94. The Morgan fingerprint density at radius 3 is 2.00 bits per heavy atom. The van der Waals surface area contributed by atoms with E-state index in [0.29, 0.717) is 5.02 Å². The summed E-state index contributed by atoms with van der Waals surface area (Å²) >= 11 is 5.49. The van der Waals surface area contributed by atoms with Crippen molar-refractivity contribution in [3.05, 3.63) is 29.3 Å². The quantitative estimate of drug-likeness (QED) is 0.664. The number of sulfonamides is 1. The lowest BCUT2D eigenvalue weighted by atomic mass is 10.4. The van der Waals surface area contributed by atoms with Gasteiger partial charge in [0.2, 0.25) is 0 Å². The van der Waals surface area contributed by atoms with Gasteiger partial charge in [-0.25, -0.2) is 8.42 Å². The van der Waals surface area contributed by atoms with Crippen LogP contribution in [0.5, 0.6) is 0 Å². The first-order chi connectivity index (χ1) is 5.00. The first-order valence-corrected chi connectivity index (χ1v) is 4.55. The van der Waals surface area contributed by atoms with Crippen molar-refractivity contribution in [1.29, 1.82) is 0 Å². The summed E-state index contributed by atoms with van der Waals surface area (Å²) in [6.07, 6.45) is 0. The molecule has 0 aliphatic heterocycles. The fourth-order valence-electron chi connectivity index (χ4n) is 0.607. The van der Waals surface area contributed by atoms with E-state index in [4.69, 9.17) is 16.7 Å². The predicted octanol–water partition coefficient (Wildman–Crippen LogP) is 1.10. The summed E-state index contributed by atoms with van der Waals surface area (Å²) in [4.78, 5) is -0.151. The van der Waals surface area contributed by atoms with Gasteiger partial charge in [0.25, 0.3) is 10.0 Å². The third-order valence-electron chi connectivity index (χ3n) is 1.11. The Labute approximate surface area is 69.8 Å². The molecule has 0 amide bonds. The van der Waals surface area contributed by atoms with Gasteiger partial charge in [0.15, 0.2) is 0 Å². The van der Waals surface area contributed by atoms with Gasteiger partial charge in [0.05, 0.1) is 4.90 Å². The molecule has 0 spiro atoms. The monoisotopic (exact) mass is 189 g/mol. The minimum Gasteiger partial charge on any atom is -0.204 e. The third kappa shape index (κ3) is 2.18. The van der Waals surface area contributed by atoms with Crippen molar-refractivity contribution < 1.29 is 8.42 Å². The molecule has 0 aromatic heterocycles. The zero-order chi connectivity index (χ0) is 8.48. The number of halogens is 1. The Balaban J connectivity index is 3.20. The molecule has 0 aliphatic rings. The molecule has 3 nitrogen and oxygen atoms in total. The average Bonchev–Trinajstić information content (AvgIpc) is 1.86. The van der Waals surface area contributed by atoms with Gasteiger partial charge < -0.3 is 0 Å². The van der Waals surface area contributed by atoms with Crippen molar-refractivity contribution in [2.75, 3.05) is 0 Å². The lowest BCUT2D eigenvalue weighted by Gasteiger charge is -1.93. The second-order valence-electron chi connectivity index (χ2n) is 1.93. The molecule has 0 bridgehead atoms. The molecular weight excluding hydrogens is 186 g/mol. The zero-order valence-electron chi connectivity index (χ0n) is 5.36. The topological polar surface area (TPSA) is 56.4 Å². The van der Waals surface area contributed by atoms with Crippen LogP contribution in [-0.2, 0) is 10.0 Å². The molecule has 0 fully saturated rings. The van der Waals surface area contributed by atoms with Crippen LogP contribution in [0.15, 0.2) is 29.2 Å². The lowest BCUT2D eigenvalue weighted by molar-refractivity contribution is 0.596. The van der Waals surface area contributed by atoms with Gasteiger partial charge in [-0.15, -0.1) is 0 Å². The fourth-order valence-corrected chi connectivity index (χ4v) is 1.21. The second kappa shape index (κ2) is 2.81. The number of hydrogen-bond donors (Lipinski definition) is 0. The SMILES string of the molecule is [N]S(=O)(=O)c1ccc(Cl)cc1. The van der Waals surface area contributed by atoms with Gasteiger partial charge in [0, 0.05) is 10.2 Å². The van der Waals surface area contributed by atoms with Gasteiger partial charge in [0.1, 0.15) is 0 Å². The molecule has 0 N–H and O–H groups in total. The molecule has 5 heteroatoms. The Morgan fingerprint density at radius 2 is 1.64 bits per heavy atom. The van der Waals surface area contributed by atoms with Gasteiger partial charge in [-0.05, 0) is 24.3 Å². The third-order valence-corrected chi connectivity index (χ3v) is 2.23. The highest BCUT2D eigenvalue weighted by Gasteiger charge is 2.08. The Kier molecular flexibility index (Phi) is 2.17. The standard InChI is InChI=1S/C6H4ClNO2S/c7-5-1-3-6(4-2-5)11(8,9)10/h1-4H. The molecule has 1 aromatic carbocycles. The smallest absolute Gasteiger partial charge is 0.204 e. The largest absolute Gasteiger partial charge is 0.273 e. The van der Waals surface area contributed by atoms with Crippen LogP contribution in [0.25, 0.3) is 0 Å². The number of benzene rings is 1. The summed E-state index contributed by atoms with van der Waals surface area (Å²) in [5.74, 6) is 0. The highest BCUT2D eigenvalue weighted by atomic mass is 35.5. The molecule has 2 radical (unpaired) electrons. The van der Waals surface area contributed by atoms with Crippen LogP contribution in [0, 0.1) is 0 Å². The van der Waals surface area contributed by atoms with Crippen LogP contribution in [0.1, 0.15) is 0 Å². The minimum atomic E-state index is -4.08. The Bertz CT molecular complexity index is 343. The molecule has 0 saturated carbocycles. The van der Waals surface area contributed by atoms with E-state index in [1.165, 1.54) is 24.3 Å². The summed E-state index contributed by atoms with van der Waals surface area (Å²) < 4.78 is 20.9. The van der Waals surface area contributed by atoms with Gasteiger partial charge in [-0.1, -0.05) is 11.6 Å². The predicted molar refractivity (Wildman–Crippen MR) is 40.8 cm³/mol. The van der Waals surface area contributed by atoms with E-state index in [2.05, 4.69) is 0 Å². The first kappa shape index (κ1) is 8.52. The van der Waals surface area contributed by atoms with Crippen LogP contribution in [0.4, 0.5) is 0 Å². The van der Waals surface area contributed by atoms with E-state index in [0.717, 1.165) is 0 Å². The number of nitrogens with zero attached hydrogens (tertiary/aromatic N) is 1. The Morgan fingerprint density at radius 1 is 1.18 bits per heavy atom. The number of rotatable bonds is 1. The van der Waals surface area contributed by atoms with E-state index in [9.17, 15) is 8.42 Å². The van der Waals surface area contributed by atoms with E-state index < -0.39 is 10.0 Å². The molecule has 1 rings (SSSR count). The highest BCUT2D eigenvalue weighted by Crippen LogP contribution is 2.12. The molecule has 0 heterocycles. The summed E-state index contributed by atoms with van der Waals surface area (Å²) in [6, 6.07) is 5.25. The first-order valence-electron chi connectivity index (χ1n) is 2.73. The van der Waals surface area contributed by atoms with Crippen LogP contribution >= 0.6 is 11.6 Å². The average molecular weight is 190 g/mol. The highest BCUT2D eigenvalue weighted by molar-refractivity contribution is 7.88. The lowest BCUT2D eigenvalue weighted by Crippen LogP contribution is -1.99. The molecule has 11 heavy (non-hydrogen) atoms. The van der Waals surface area contributed by atoms with Crippen molar-refractivity contribution in [2.24, 2.45) is 0 Å². The molecule has 0 atom stereocenters. The maximum absolute atomic E-state index is 10.5. The molecule has 0 saturated heterocycles. The Hall–Kier alpha value is -0.580. The van der Waals surface area contributed by atoms with Gasteiger partial charge in [-0.3, -0.25) is 0 Å².